The largest absolute Gasteiger partial charge is 0.383 e. The van der Waals surface area contributed by atoms with Crippen molar-refractivity contribution in [3.05, 3.63) is 52.2 Å². The number of hydrogen-bond donors (Lipinski definition) is 1. The quantitative estimate of drug-likeness (QED) is 0.753. The van der Waals surface area contributed by atoms with E-state index in [0.29, 0.717) is 0 Å². The molecule has 0 saturated heterocycles. The van der Waals surface area contributed by atoms with E-state index in [1.807, 2.05) is 18.4 Å². The van der Waals surface area contributed by atoms with Crippen molar-refractivity contribution in [2.45, 2.75) is 13.0 Å². The topological polar surface area (TPSA) is 50.4 Å². The number of thiophene rings is 1. The van der Waals surface area contributed by atoms with E-state index in [-0.39, 0.29) is 0 Å². The molecule has 0 aliphatic carbocycles. The molecule has 0 aromatic carbocycles. The van der Waals surface area contributed by atoms with Crippen molar-refractivity contribution in [2.75, 3.05) is 0 Å². The van der Waals surface area contributed by atoms with E-state index in [2.05, 4.69) is 10.1 Å². The molecule has 1 unspecified atom stereocenters. The molecular formula is C12H11N3OS. The highest BCUT2D eigenvalue weighted by Gasteiger charge is 2.16. The smallest absolute Gasteiger partial charge is 0.109 e. The van der Waals surface area contributed by atoms with Crippen molar-refractivity contribution in [1.82, 2.24) is 14.6 Å². The maximum absolute atomic E-state index is 10.3. The minimum atomic E-state index is -0.637. The highest BCUT2D eigenvalue weighted by molar-refractivity contribution is 7.10. The van der Waals surface area contributed by atoms with E-state index in [1.54, 1.807) is 40.6 Å². The second kappa shape index (κ2) is 3.94. The Morgan fingerprint density at radius 3 is 3.06 bits per heavy atom. The van der Waals surface area contributed by atoms with E-state index >= 15 is 0 Å². The van der Waals surface area contributed by atoms with Crippen LogP contribution in [0.15, 0.2) is 36.2 Å². The van der Waals surface area contributed by atoms with Gasteiger partial charge in [-0.25, -0.2) is 4.52 Å². The monoisotopic (exact) mass is 245 g/mol. The van der Waals surface area contributed by atoms with Gasteiger partial charge in [-0.05, 0) is 23.9 Å². The zero-order chi connectivity index (χ0) is 11.8. The van der Waals surface area contributed by atoms with Crippen LogP contribution >= 0.6 is 11.3 Å². The van der Waals surface area contributed by atoms with Gasteiger partial charge in [0.1, 0.15) is 6.10 Å². The summed E-state index contributed by atoms with van der Waals surface area (Å²) >= 11 is 1.63. The van der Waals surface area contributed by atoms with Crippen LogP contribution in [0.25, 0.3) is 5.52 Å². The molecule has 0 amide bonds. The van der Waals surface area contributed by atoms with Crippen LogP contribution < -0.4 is 0 Å². The number of aliphatic hydroxyl groups is 1. The fraction of sp³-hybridized carbons (Fsp3) is 0.167. The molecule has 0 saturated carbocycles. The first-order valence-corrected chi connectivity index (χ1v) is 6.14. The van der Waals surface area contributed by atoms with Crippen LogP contribution in [0.4, 0.5) is 0 Å². The summed E-state index contributed by atoms with van der Waals surface area (Å²) in [7, 11) is 0. The molecule has 5 heteroatoms. The van der Waals surface area contributed by atoms with Gasteiger partial charge >= 0.3 is 0 Å². The van der Waals surface area contributed by atoms with Gasteiger partial charge in [0, 0.05) is 22.8 Å². The summed E-state index contributed by atoms with van der Waals surface area (Å²) in [6.07, 6.45) is 6.20. The third-order valence-electron chi connectivity index (χ3n) is 2.72. The van der Waals surface area contributed by atoms with E-state index in [9.17, 15) is 5.11 Å². The fourth-order valence-corrected chi connectivity index (χ4v) is 2.57. The van der Waals surface area contributed by atoms with E-state index in [0.717, 1.165) is 16.6 Å². The zero-order valence-corrected chi connectivity index (χ0v) is 10.1. The molecular weight excluding hydrogens is 234 g/mol. The van der Waals surface area contributed by atoms with E-state index < -0.39 is 6.10 Å². The minimum Gasteiger partial charge on any atom is -0.383 e. The summed E-state index contributed by atoms with van der Waals surface area (Å²) in [5.74, 6) is 0. The van der Waals surface area contributed by atoms with Crippen molar-refractivity contribution in [1.29, 1.82) is 0 Å². The van der Waals surface area contributed by atoms with Gasteiger partial charge in [0.15, 0.2) is 0 Å². The lowest BCUT2D eigenvalue weighted by molar-refractivity contribution is 0.222. The number of nitrogens with zero attached hydrogens (tertiary/aromatic N) is 3. The van der Waals surface area contributed by atoms with Crippen LogP contribution in [-0.4, -0.2) is 19.7 Å². The molecule has 0 aliphatic heterocycles. The predicted molar refractivity (Wildman–Crippen MR) is 66.1 cm³/mol. The third-order valence-corrected chi connectivity index (χ3v) is 3.60. The average molecular weight is 245 g/mol. The van der Waals surface area contributed by atoms with Gasteiger partial charge in [0.25, 0.3) is 0 Å². The number of aliphatic hydroxyl groups excluding tert-OH is 1. The summed E-state index contributed by atoms with van der Waals surface area (Å²) in [5, 5.41) is 16.5. The maximum Gasteiger partial charge on any atom is 0.109 e. The Hall–Kier alpha value is -1.72. The Bertz CT molecular complexity index is 658. The zero-order valence-electron chi connectivity index (χ0n) is 9.24. The molecule has 0 bridgehead atoms. The predicted octanol–water partition coefficient (Wildman–Crippen LogP) is 2.18. The van der Waals surface area contributed by atoms with Gasteiger partial charge in [0.2, 0.25) is 0 Å². The van der Waals surface area contributed by atoms with Crippen molar-refractivity contribution in [3.63, 3.8) is 0 Å². The molecule has 86 valence electrons. The molecule has 3 aromatic heterocycles. The van der Waals surface area contributed by atoms with Gasteiger partial charge < -0.3 is 5.11 Å². The van der Waals surface area contributed by atoms with Crippen LogP contribution in [0.2, 0.25) is 0 Å². The van der Waals surface area contributed by atoms with E-state index in [1.165, 1.54) is 4.88 Å². The Labute approximate surface area is 102 Å². The summed E-state index contributed by atoms with van der Waals surface area (Å²) < 4.78 is 1.71. The Morgan fingerprint density at radius 1 is 1.41 bits per heavy atom. The first-order valence-electron chi connectivity index (χ1n) is 5.26. The lowest BCUT2D eigenvalue weighted by atomic mass is 10.1. The molecule has 3 heterocycles. The van der Waals surface area contributed by atoms with Crippen molar-refractivity contribution >= 4 is 16.9 Å². The highest BCUT2D eigenvalue weighted by atomic mass is 32.1. The van der Waals surface area contributed by atoms with Crippen LogP contribution in [0.3, 0.4) is 0 Å². The molecule has 17 heavy (non-hydrogen) atoms. The molecule has 0 fully saturated rings. The number of rotatable bonds is 2. The molecule has 1 atom stereocenters. The first kappa shape index (κ1) is 10.4. The Kier molecular flexibility index (Phi) is 2.42. The first-order chi connectivity index (χ1) is 8.25. The van der Waals surface area contributed by atoms with Gasteiger partial charge in [-0.15, -0.1) is 11.3 Å². The summed E-state index contributed by atoms with van der Waals surface area (Å²) in [6, 6.07) is 2.00. The minimum absolute atomic E-state index is 0.637. The number of hydrogen-bond acceptors (Lipinski definition) is 4. The molecule has 3 aromatic rings. The number of aromatic nitrogens is 3. The van der Waals surface area contributed by atoms with Crippen molar-refractivity contribution in [2.24, 2.45) is 0 Å². The summed E-state index contributed by atoms with van der Waals surface area (Å²) in [6.45, 7) is 2.03. The second-order valence-corrected chi connectivity index (χ2v) is 5.01. The van der Waals surface area contributed by atoms with E-state index in [4.69, 9.17) is 0 Å². The van der Waals surface area contributed by atoms with Gasteiger partial charge in [0.05, 0.1) is 17.9 Å². The molecule has 1 N–H and O–H groups in total. The van der Waals surface area contributed by atoms with Crippen LogP contribution in [0.5, 0.6) is 0 Å². The Balaban J connectivity index is 2.09. The van der Waals surface area contributed by atoms with Crippen LogP contribution in [0.1, 0.15) is 22.1 Å². The Morgan fingerprint density at radius 2 is 2.29 bits per heavy atom. The van der Waals surface area contributed by atoms with Gasteiger partial charge in [-0.3, -0.25) is 4.98 Å². The highest BCUT2D eigenvalue weighted by Crippen LogP contribution is 2.28. The average Bonchev–Trinajstić information content (AvgIpc) is 2.94. The second-order valence-electron chi connectivity index (χ2n) is 3.90. The molecule has 0 spiro atoms. The molecule has 0 aliphatic rings. The molecule has 3 rings (SSSR count). The summed E-state index contributed by atoms with van der Waals surface area (Å²) in [5.41, 5.74) is 2.53. The number of aryl methyl sites for hydroxylation is 1. The van der Waals surface area contributed by atoms with Crippen molar-refractivity contribution in [3.8, 4) is 0 Å². The fourth-order valence-electron chi connectivity index (χ4n) is 1.85. The SMILES string of the molecule is Cc1cc(C(O)c2cnn3ccncc23)cs1. The summed E-state index contributed by atoms with van der Waals surface area (Å²) in [4.78, 5) is 5.25. The lowest BCUT2D eigenvalue weighted by Gasteiger charge is -2.06. The van der Waals surface area contributed by atoms with Crippen molar-refractivity contribution < 1.29 is 5.11 Å². The normalized spacial score (nSPS) is 13.1. The lowest BCUT2D eigenvalue weighted by Crippen LogP contribution is -1.97. The molecule has 4 nitrogen and oxygen atoms in total. The standard InChI is InChI=1S/C12H11N3OS/c1-8-4-9(7-17-8)12(16)10-5-14-15-3-2-13-6-11(10)15/h2-7,12,16H,1H3. The van der Waals surface area contributed by atoms with Crippen LogP contribution in [-0.2, 0) is 0 Å². The number of fused-ring (bicyclic) bond motifs is 1. The molecule has 0 radical (unpaired) electrons. The maximum atomic E-state index is 10.3. The third kappa shape index (κ3) is 1.73. The van der Waals surface area contributed by atoms with Gasteiger partial charge in [-0.2, -0.15) is 5.10 Å². The van der Waals surface area contributed by atoms with Crippen LogP contribution in [0, 0.1) is 6.92 Å². The van der Waals surface area contributed by atoms with Gasteiger partial charge in [-0.1, -0.05) is 0 Å².